The molecule has 0 atom stereocenters. The molecule has 0 radical (unpaired) electrons. The summed E-state index contributed by atoms with van der Waals surface area (Å²) >= 11 is 0. The van der Waals surface area contributed by atoms with E-state index in [2.05, 4.69) is 13.0 Å². The Morgan fingerprint density at radius 2 is 1.73 bits per heavy atom. The zero-order chi connectivity index (χ0) is 11.4. The molecule has 0 aromatic carbocycles. The average Bonchev–Trinajstić information content (AvgIpc) is 2.20. The normalized spacial score (nSPS) is 11.5. The molecular weight excluding hydrogens is 188 g/mol. The first-order chi connectivity index (χ1) is 7.27. The van der Waals surface area contributed by atoms with Gasteiger partial charge in [0.25, 0.3) is 0 Å². The fourth-order valence-corrected chi connectivity index (χ4v) is 1.29. The maximum Gasteiger partial charge on any atom is 0.307 e. The summed E-state index contributed by atoms with van der Waals surface area (Å²) in [6.07, 6.45) is 15.2. The molecule has 0 unspecified atom stereocenters. The van der Waals surface area contributed by atoms with Gasteiger partial charge in [-0.05, 0) is 12.8 Å². The third-order valence-corrected chi connectivity index (χ3v) is 2.15. The van der Waals surface area contributed by atoms with Crippen molar-refractivity contribution >= 4 is 5.97 Å². The van der Waals surface area contributed by atoms with Gasteiger partial charge in [0, 0.05) is 0 Å². The number of hydrogen-bond acceptors (Lipinski definition) is 1. The molecular formula is C13H22O2. The van der Waals surface area contributed by atoms with Gasteiger partial charge in [-0.3, -0.25) is 4.79 Å². The van der Waals surface area contributed by atoms with Crippen LogP contribution in [0.4, 0.5) is 0 Å². The summed E-state index contributed by atoms with van der Waals surface area (Å²) in [4.78, 5) is 10.2. The fraction of sp³-hybridized carbons (Fsp3) is 0.615. The van der Waals surface area contributed by atoms with E-state index in [0.717, 1.165) is 6.42 Å². The van der Waals surface area contributed by atoms with E-state index >= 15 is 0 Å². The third-order valence-electron chi connectivity index (χ3n) is 2.15. The van der Waals surface area contributed by atoms with Crippen molar-refractivity contribution in [2.45, 2.75) is 51.9 Å². The number of rotatable bonds is 9. The maximum absolute atomic E-state index is 10.2. The summed E-state index contributed by atoms with van der Waals surface area (Å²) in [6, 6.07) is 0. The van der Waals surface area contributed by atoms with E-state index in [0.29, 0.717) is 0 Å². The molecule has 0 rings (SSSR count). The maximum atomic E-state index is 10.2. The largest absolute Gasteiger partial charge is 0.481 e. The number of aliphatic carboxylic acids is 1. The molecule has 0 saturated carbocycles. The van der Waals surface area contributed by atoms with Crippen LogP contribution in [-0.4, -0.2) is 11.1 Å². The van der Waals surface area contributed by atoms with Gasteiger partial charge in [-0.1, -0.05) is 56.9 Å². The number of hydrogen-bond donors (Lipinski definition) is 1. The van der Waals surface area contributed by atoms with Crippen molar-refractivity contribution in [1.82, 2.24) is 0 Å². The number of allylic oxidation sites excluding steroid dienone is 3. The Morgan fingerprint density at radius 3 is 2.40 bits per heavy atom. The molecule has 0 aromatic rings. The number of carboxylic acid groups (broad SMARTS) is 1. The molecule has 0 aromatic heterocycles. The van der Waals surface area contributed by atoms with Crippen LogP contribution >= 0.6 is 0 Å². The number of carboxylic acids is 1. The Morgan fingerprint density at radius 1 is 1.07 bits per heavy atom. The van der Waals surface area contributed by atoms with Gasteiger partial charge in [0.2, 0.25) is 0 Å². The summed E-state index contributed by atoms with van der Waals surface area (Å²) < 4.78 is 0. The molecule has 0 saturated heterocycles. The predicted molar refractivity (Wildman–Crippen MR) is 63.9 cm³/mol. The van der Waals surface area contributed by atoms with Crippen LogP contribution < -0.4 is 0 Å². The highest BCUT2D eigenvalue weighted by atomic mass is 16.4. The monoisotopic (exact) mass is 210 g/mol. The Hall–Kier alpha value is -1.05. The van der Waals surface area contributed by atoms with Crippen molar-refractivity contribution in [3.8, 4) is 0 Å². The van der Waals surface area contributed by atoms with E-state index in [4.69, 9.17) is 5.11 Å². The average molecular weight is 210 g/mol. The molecule has 0 amide bonds. The van der Waals surface area contributed by atoms with E-state index in [1.165, 1.54) is 32.1 Å². The molecule has 0 aliphatic rings. The van der Waals surface area contributed by atoms with Crippen LogP contribution in [-0.2, 0) is 4.79 Å². The molecule has 2 nitrogen and oxygen atoms in total. The Balaban J connectivity index is 3.23. The molecule has 15 heavy (non-hydrogen) atoms. The van der Waals surface area contributed by atoms with Gasteiger partial charge < -0.3 is 5.11 Å². The molecule has 0 aliphatic carbocycles. The second-order valence-electron chi connectivity index (χ2n) is 3.66. The van der Waals surface area contributed by atoms with Crippen molar-refractivity contribution in [2.75, 3.05) is 0 Å². The minimum Gasteiger partial charge on any atom is -0.481 e. The van der Waals surface area contributed by atoms with Crippen LogP contribution in [0.1, 0.15) is 51.9 Å². The van der Waals surface area contributed by atoms with Crippen LogP contribution in [0.25, 0.3) is 0 Å². The van der Waals surface area contributed by atoms with Crippen molar-refractivity contribution in [2.24, 2.45) is 0 Å². The van der Waals surface area contributed by atoms with Gasteiger partial charge in [0.15, 0.2) is 0 Å². The van der Waals surface area contributed by atoms with Crippen molar-refractivity contribution in [1.29, 1.82) is 0 Å². The first-order valence-electron chi connectivity index (χ1n) is 5.80. The van der Waals surface area contributed by atoms with Crippen molar-refractivity contribution in [3.63, 3.8) is 0 Å². The Labute approximate surface area is 92.7 Å². The van der Waals surface area contributed by atoms with E-state index in [1.807, 2.05) is 6.08 Å². The highest BCUT2D eigenvalue weighted by molar-refractivity contribution is 5.68. The van der Waals surface area contributed by atoms with Crippen LogP contribution in [0, 0.1) is 0 Å². The second kappa shape index (κ2) is 11.0. The quantitative estimate of drug-likeness (QED) is 0.462. The standard InChI is InChI=1S/C13H22O2/c1-2-3-4-5-6-7-8-9-10-11-12-13(14)15/h8-11H,2-7,12H2,1H3,(H,14,15)/b9-8+,11-10+. The van der Waals surface area contributed by atoms with E-state index < -0.39 is 5.97 Å². The number of carbonyl (C=O) groups is 1. The van der Waals surface area contributed by atoms with Crippen molar-refractivity contribution in [3.05, 3.63) is 24.3 Å². The van der Waals surface area contributed by atoms with E-state index in [1.54, 1.807) is 12.2 Å². The zero-order valence-electron chi connectivity index (χ0n) is 9.61. The van der Waals surface area contributed by atoms with Crippen LogP contribution in [0.2, 0.25) is 0 Å². The van der Waals surface area contributed by atoms with Gasteiger partial charge in [0.05, 0.1) is 6.42 Å². The summed E-state index contributed by atoms with van der Waals surface area (Å²) in [5.41, 5.74) is 0. The lowest BCUT2D eigenvalue weighted by Gasteiger charge is -1.95. The molecule has 0 aliphatic heterocycles. The molecule has 2 heteroatoms. The van der Waals surface area contributed by atoms with E-state index in [9.17, 15) is 4.79 Å². The fourth-order valence-electron chi connectivity index (χ4n) is 1.29. The molecule has 0 spiro atoms. The lowest BCUT2D eigenvalue weighted by molar-refractivity contribution is -0.135. The SMILES string of the molecule is CCCCCCC/C=C/C=C/CC(=O)O. The van der Waals surface area contributed by atoms with Crippen LogP contribution in [0.5, 0.6) is 0 Å². The minimum absolute atomic E-state index is 0.112. The topological polar surface area (TPSA) is 37.3 Å². The summed E-state index contributed by atoms with van der Waals surface area (Å²) in [5.74, 6) is -0.779. The van der Waals surface area contributed by atoms with Crippen LogP contribution in [0.15, 0.2) is 24.3 Å². The zero-order valence-corrected chi connectivity index (χ0v) is 9.61. The first-order valence-corrected chi connectivity index (χ1v) is 5.80. The van der Waals surface area contributed by atoms with Gasteiger partial charge in [-0.15, -0.1) is 0 Å². The van der Waals surface area contributed by atoms with Crippen molar-refractivity contribution < 1.29 is 9.90 Å². The molecule has 0 heterocycles. The Bertz CT molecular complexity index is 205. The molecule has 1 N–H and O–H groups in total. The predicted octanol–water partition coefficient (Wildman–Crippen LogP) is 3.93. The van der Waals surface area contributed by atoms with Crippen LogP contribution in [0.3, 0.4) is 0 Å². The molecule has 0 bridgehead atoms. The third kappa shape index (κ3) is 12.9. The molecule has 86 valence electrons. The van der Waals surface area contributed by atoms with Gasteiger partial charge in [-0.2, -0.15) is 0 Å². The highest BCUT2D eigenvalue weighted by Crippen LogP contribution is 2.05. The van der Waals surface area contributed by atoms with E-state index in [-0.39, 0.29) is 6.42 Å². The summed E-state index contributed by atoms with van der Waals surface area (Å²) in [7, 11) is 0. The van der Waals surface area contributed by atoms with Gasteiger partial charge in [-0.25, -0.2) is 0 Å². The smallest absolute Gasteiger partial charge is 0.307 e. The van der Waals surface area contributed by atoms with Gasteiger partial charge in [0.1, 0.15) is 0 Å². The summed E-state index contributed by atoms with van der Waals surface area (Å²) in [6.45, 7) is 2.22. The lowest BCUT2D eigenvalue weighted by atomic mass is 10.1. The second-order valence-corrected chi connectivity index (χ2v) is 3.66. The lowest BCUT2D eigenvalue weighted by Crippen LogP contribution is -1.89. The first kappa shape index (κ1) is 13.9. The minimum atomic E-state index is -0.779. The molecule has 0 fully saturated rings. The summed E-state index contributed by atoms with van der Waals surface area (Å²) in [5, 5.41) is 8.36. The highest BCUT2D eigenvalue weighted by Gasteiger charge is 1.87. The number of unbranched alkanes of at least 4 members (excludes halogenated alkanes) is 5. The van der Waals surface area contributed by atoms with Gasteiger partial charge >= 0.3 is 5.97 Å². The Kier molecular flexibility index (Phi) is 10.3.